The highest BCUT2D eigenvalue weighted by atomic mass is 16.5. The largest absolute Gasteiger partial charge is 0.459 e. The minimum absolute atomic E-state index is 0.0553. The number of benzene rings is 1. The van der Waals surface area contributed by atoms with Gasteiger partial charge in [0.1, 0.15) is 0 Å². The van der Waals surface area contributed by atoms with Crippen LogP contribution in [0.25, 0.3) is 0 Å². The third kappa shape index (κ3) is 3.42. The average Bonchev–Trinajstić information content (AvgIpc) is 3.42. The van der Waals surface area contributed by atoms with Gasteiger partial charge < -0.3 is 14.5 Å². The van der Waals surface area contributed by atoms with Crippen molar-refractivity contribution in [2.45, 2.75) is 19.3 Å². The smallest absolute Gasteiger partial charge is 0.397 e. The summed E-state index contributed by atoms with van der Waals surface area (Å²) < 4.78 is 4.73. The molecule has 1 aromatic rings. The first-order chi connectivity index (χ1) is 11.6. The van der Waals surface area contributed by atoms with Gasteiger partial charge in [0.15, 0.2) is 0 Å². The van der Waals surface area contributed by atoms with E-state index in [0.717, 1.165) is 6.42 Å². The van der Waals surface area contributed by atoms with E-state index < -0.39 is 11.9 Å². The van der Waals surface area contributed by atoms with Gasteiger partial charge in [-0.25, -0.2) is 4.79 Å². The fourth-order valence-electron chi connectivity index (χ4n) is 3.22. The molecule has 2 amide bonds. The number of rotatable bonds is 3. The predicted octanol–water partition coefficient (Wildman–Crippen LogP) is 1.02. The lowest BCUT2D eigenvalue weighted by Gasteiger charge is -2.34. The molecule has 1 aliphatic heterocycles. The predicted molar refractivity (Wildman–Crippen MR) is 87.1 cm³/mol. The van der Waals surface area contributed by atoms with Crippen molar-refractivity contribution in [3.05, 3.63) is 35.9 Å². The maximum atomic E-state index is 12.6. The summed E-state index contributed by atoms with van der Waals surface area (Å²) >= 11 is 0. The Kier molecular flexibility index (Phi) is 4.83. The van der Waals surface area contributed by atoms with Gasteiger partial charge in [0.25, 0.3) is 0 Å². The second kappa shape index (κ2) is 7.03. The van der Waals surface area contributed by atoms with Crippen molar-refractivity contribution >= 4 is 17.8 Å². The quantitative estimate of drug-likeness (QED) is 0.613. The molecule has 0 unspecified atom stereocenters. The van der Waals surface area contributed by atoms with Gasteiger partial charge >= 0.3 is 11.9 Å². The Morgan fingerprint density at radius 3 is 2.29 bits per heavy atom. The van der Waals surface area contributed by atoms with Gasteiger partial charge in [-0.15, -0.1) is 0 Å². The van der Waals surface area contributed by atoms with E-state index >= 15 is 0 Å². The lowest BCUT2D eigenvalue weighted by Crippen LogP contribution is -2.52. The first kappa shape index (κ1) is 16.5. The number of carbonyl (C=O) groups excluding carboxylic acids is 3. The summed E-state index contributed by atoms with van der Waals surface area (Å²) in [4.78, 5) is 39.2. The molecule has 1 saturated heterocycles. The number of esters is 1. The molecule has 0 aromatic heterocycles. The number of carbonyl (C=O) groups is 3. The molecule has 2 aliphatic rings. The molecule has 6 heteroatoms. The summed E-state index contributed by atoms with van der Waals surface area (Å²) in [6.07, 6.45) is 0.894. The van der Waals surface area contributed by atoms with Crippen LogP contribution < -0.4 is 0 Å². The summed E-state index contributed by atoms with van der Waals surface area (Å²) in [5.41, 5.74) is 1.21. The van der Waals surface area contributed by atoms with E-state index in [2.05, 4.69) is 12.1 Å². The minimum Gasteiger partial charge on any atom is -0.459 e. The SMILES string of the molecule is CCOC(=O)C(=O)N1CCN(C(=O)[C@@H]2C[C@H]2c2ccccc2)CC1. The van der Waals surface area contributed by atoms with Crippen LogP contribution >= 0.6 is 0 Å². The van der Waals surface area contributed by atoms with Gasteiger partial charge in [-0.3, -0.25) is 9.59 Å². The van der Waals surface area contributed by atoms with Gasteiger partial charge in [-0.05, 0) is 24.8 Å². The van der Waals surface area contributed by atoms with Crippen LogP contribution in [0.3, 0.4) is 0 Å². The van der Waals surface area contributed by atoms with Crippen LogP contribution in [0.5, 0.6) is 0 Å². The first-order valence-corrected chi connectivity index (χ1v) is 8.41. The topological polar surface area (TPSA) is 66.9 Å². The van der Waals surface area contributed by atoms with E-state index in [0.29, 0.717) is 32.1 Å². The third-order valence-electron chi connectivity index (χ3n) is 4.66. The Hall–Kier alpha value is -2.37. The lowest BCUT2D eigenvalue weighted by molar-refractivity contribution is -0.161. The second-order valence-electron chi connectivity index (χ2n) is 6.20. The Morgan fingerprint density at radius 1 is 1.04 bits per heavy atom. The van der Waals surface area contributed by atoms with Crippen LogP contribution in [0.1, 0.15) is 24.8 Å². The van der Waals surface area contributed by atoms with Crippen LogP contribution in [-0.4, -0.2) is 60.4 Å². The van der Waals surface area contributed by atoms with E-state index in [1.165, 1.54) is 10.5 Å². The number of nitrogens with zero attached hydrogens (tertiary/aromatic N) is 2. The molecule has 128 valence electrons. The van der Waals surface area contributed by atoms with E-state index in [-0.39, 0.29) is 18.4 Å². The number of piperazine rings is 1. The van der Waals surface area contributed by atoms with Crippen LogP contribution in [0.15, 0.2) is 30.3 Å². The Labute approximate surface area is 141 Å². The van der Waals surface area contributed by atoms with E-state index in [1.54, 1.807) is 6.92 Å². The van der Waals surface area contributed by atoms with Crippen LogP contribution in [0.4, 0.5) is 0 Å². The number of hydrogen-bond donors (Lipinski definition) is 0. The summed E-state index contributed by atoms with van der Waals surface area (Å²) in [6, 6.07) is 10.1. The van der Waals surface area contributed by atoms with Crippen LogP contribution in [-0.2, 0) is 19.1 Å². The molecule has 0 N–H and O–H groups in total. The first-order valence-electron chi connectivity index (χ1n) is 8.41. The standard InChI is InChI=1S/C18H22N2O4/c1-2-24-18(23)17(22)20-10-8-19(9-11-20)16(21)15-12-14(15)13-6-4-3-5-7-13/h3-7,14-15H,2,8-12H2,1H3/t14-,15+/m0/s1. The summed E-state index contributed by atoms with van der Waals surface area (Å²) in [5.74, 6) is -0.897. The highest BCUT2D eigenvalue weighted by Gasteiger charge is 2.46. The molecule has 0 spiro atoms. The molecule has 1 aliphatic carbocycles. The molecule has 24 heavy (non-hydrogen) atoms. The molecular weight excluding hydrogens is 308 g/mol. The number of hydrogen-bond acceptors (Lipinski definition) is 4. The third-order valence-corrected chi connectivity index (χ3v) is 4.66. The average molecular weight is 330 g/mol. The highest BCUT2D eigenvalue weighted by Crippen LogP contribution is 2.48. The zero-order valence-electron chi connectivity index (χ0n) is 13.8. The molecule has 1 heterocycles. The minimum atomic E-state index is -0.816. The van der Waals surface area contributed by atoms with E-state index in [9.17, 15) is 14.4 Å². The zero-order chi connectivity index (χ0) is 17.1. The van der Waals surface area contributed by atoms with Crippen LogP contribution in [0.2, 0.25) is 0 Å². The molecule has 1 saturated carbocycles. The molecule has 2 fully saturated rings. The summed E-state index contributed by atoms with van der Waals surface area (Å²) in [7, 11) is 0. The van der Waals surface area contributed by atoms with Gasteiger partial charge in [-0.1, -0.05) is 30.3 Å². The Bertz CT molecular complexity index is 623. The van der Waals surface area contributed by atoms with Gasteiger partial charge in [0, 0.05) is 32.1 Å². The number of amides is 2. The molecule has 6 nitrogen and oxygen atoms in total. The molecule has 2 atom stereocenters. The van der Waals surface area contributed by atoms with Gasteiger partial charge in [0.05, 0.1) is 6.61 Å². The normalized spacial score (nSPS) is 22.9. The second-order valence-corrected chi connectivity index (χ2v) is 6.20. The summed E-state index contributed by atoms with van der Waals surface area (Å²) in [5, 5.41) is 0. The van der Waals surface area contributed by atoms with Crippen molar-refractivity contribution < 1.29 is 19.1 Å². The lowest BCUT2D eigenvalue weighted by atomic mass is 10.1. The van der Waals surface area contributed by atoms with Crippen molar-refractivity contribution in [2.75, 3.05) is 32.8 Å². The van der Waals surface area contributed by atoms with Crippen molar-refractivity contribution in [3.63, 3.8) is 0 Å². The fraction of sp³-hybridized carbons (Fsp3) is 0.500. The molecule has 0 radical (unpaired) electrons. The molecule has 3 rings (SSSR count). The van der Waals surface area contributed by atoms with Crippen LogP contribution in [0, 0.1) is 5.92 Å². The fourth-order valence-corrected chi connectivity index (χ4v) is 3.22. The maximum absolute atomic E-state index is 12.6. The van der Waals surface area contributed by atoms with Crippen molar-refractivity contribution in [2.24, 2.45) is 5.92 Å². The maximum Gasteiger partial charge on any atom is 0.397 e. The molecule has 0 bridgehead atoms. The Balaban J connectivity index is 1.50. The zero-order valence-corrected chi connectivity index (χ0v) is 13.8. The highest BCUT2D eigenvalue weighted by molar-refractivity contribution is 6.32. The van der Waals surface area contributed by atoms with Crippen molar-refractivity contribution in [1.82, 2.24) is 9.80 Å². The summed E-state index contributed by atoms with van der Waals surface area (Å²) in [6.45, 7) is 3.56. The number of ether oxygens (including phenoxy) is 1. The molecular formula is C18H22N2O4. The van der Waals surface area contributed by atoms with Gasteiger partial charge in [-0.2, -0.15) is 0 Å². The monoisotopic (exact) mass is 330 g/mol. The van der Waals surface area contributed by atoms with Gasteiger partial charge in [0.2, 0.25) is 5.91 Å². The van der Waals surface area contributed by atoms with Crippen molar-refractivity contribution in [3.8, 4) is 0 Å². The van der Waals surface area contributed by atoms with E-state index in [4.69, 9.17) is 4.74 Å². The van der Waals surface area contributed by atoms with E-state index in [1.807, 2.05) is 23.1 Å². The van der Waals surface area contributed by atoms with Crippen molar-refractivity contribution in [1.29, 1.82) is 0 Å². The molecule has 1 aromatic carbocycles. The Morgan fingerprint density at radius 2 is 1.67 bits per heavy atom.